The van der Waals surface area contributed by atoms with Gasteiger partial charge in [0.2, 0.25) is 5.82 Å². The van der Waals surface area contributed by atoms with Crippen LogP contribution < -0.4 is 4.74 Å². The number of fused-ring (bicyclic) bond motifs is 1. The standard InChI is InChI=1S/C30H37N3O6/c1-18(2)37-25-13-10-22(16-19(25)3)28-31-27(32-39-28)21-9-11-23-20(17-21)8-7-15-33(24(23)12-14-26(34)35)29(36)38-30(4,5)6/h9-11,13,16-18,24H,7-8,12,14-15H2,1-6H3,(H,34,35). The largest absolute Gasteiger partial charge is 0.491 e. The predicted molar refractivity (Wildman–Crippen MR) is 147 cm³/mol. The maximum atomic E-state index is 13.1. The van der Waals surface area contributed by atoms with Crippen molar-refractivity contribution in [2.45, 2.75) is 85.0 Å². The third-order valence-corrected chi connectivity index (χ3v) is 6.45. The second-order valence-electron chi connectivity index (χ2n) is 11.2. The van der Waals surface area contributed by atoms with Gasteiger partial charge in [0, 0.05) is 24.1 Å². The van der Waals surface area contributed by atoms with Crippen LogP contribution in [0.4, 0.5) is 4.79 Å². The summed E-state index contributed by atoms with van der Waals surface area (Å²) >= 11 is 0. The molecule has 208 valence electrons. The highest BCUT2D eigenvalue weighted by atomic mass is 16.6. The van der Waals surface area contributed by atoms with Crippen LogP contribution in [0.2, 0.25) is 0 Å². The predicted octanol–water partition coefficient (Wildman–Crippen LogP) is 6.59. The van der Waals surface area contributed by atoms with Gasteiger partial charge in [0.25, 0.3) is 5.89 Å². The number of ether oxygens (including phenoxy) is 2. The van der Waals surface area contributed by atoms with Gasteiger partial charge in [0.15, 0.2) is 0 Å². The lowest BCUT2D eigenvalue weighted by atomic mass is 9.93. The number of rotatable bonds is 7. The van der Waals surface area contributed by atoms with Crippen molar-refractivity contribution < 1.29 is 28.7 Å². The minimum Gasteiger partial charge on any atom is -0.491 e. The number of aromatic nitrogens is 2. The zero-order chi connectivity index (χ0) is 28.3. The normalized spacial score (nSPS) is 15.6. The first-order valence-electron chi connectivity index (χ1n) is 13.4. The molecule has 9 nitrogen and oxygen atoms in total. The van der Waals surface area contributed by atoms with Gasteiger partial charge in [-0.15, -0.1) is 0 Å². The molecule has 39 heavy (non-hydrogen) atoms. The fraction of sp³-hybridized carbons (Fsp3) is 0.467. The second-order valence-corrected chi connectivity index (χ2v) is 11.2. The Balaban J connectivity index is 1.62. The van der Waals surface area contributed by atoms with Gasteiger partial charge >= 0.3 is 12.1 Å². The molecule has 2 aromatic carbocycles. The SMILES string of the molecule is Cc1cc(-c2nc(-c3ccc4c(c3)CCCN(C(=O)OC(C)(C)C)C4CCC(=O)O)no2)ccc1OC(C)C. The van der Waals surface area contributed by atoms with Crippen molar-refractivity contribution in [1.29, 1.82) is 0 Å². The van der Waals surface area contributed by atoms with Gasteiger partial charge in [0.1, 0.15) is 11.4 Å². The molecule has 0 fully saturated rings. The summed E-state index contributed by atoms with van der Waals surface area (Å²) in [5.41, 5.74) is 3.88. The number of hydrogen-bond acceptors (Lipinski definition) is 7. The molecule has 0 saturated carbocycles. The van der Waals surface area contributed by atoms with Crippen molar-refractivity contribution in [3.05, 3.63) is 53.1 Å². The Hall–Kier alpha value is -3.88. The summed E-state index contributed by atoms with van der Waals surface area (Å²) in [4.78, 5) is 30.8. The topological polar surface area (TPSA) is 115 Å². The summed E-state index contributed by atoms with van der Waals surface area (Å²) in [7, 11) is 0. The Labute approximate surface area is 229 Å². The van der Waals surface area contributed by atoms with Gasteiger partial charge in [-0.05, 0) is 102 Å². The van der Waals surface area contributed by atoms with E-state index in [2.05, 4.69) is 10.1 Å². The molecule has 3 aromatic rings. The van der Waals surface area contributed by atoms with Crippen molar-refractivity contribution in [3.8, 4) is 28.6 Å². The van der Waals surface area contributed by atoms with Gasteiger partial charge in [-0.2, -0.15) is 4.98 Å². The molecule has 1 atom stereocenters. The van der Waals surface area contributed by atoms with Crippen LogP contribution in [-0.4, -0.2) is 50.5 Å². The van der Waals surface area contributed by atoms with Crippen molar-refractivity contribution in [2.24, 2.45) is 0 Å². The highest BCUT2D eigenvalue weighted by Gasteiger charge is 2.33. The summed E-state index contributed by atoms with van der Waals surface area (Å²) in [5.74, 6) is 0.787. The highest BCUT2D eigenvalue weighted by molar-refractivity contribution is 5.71. The number of carbonyl (C=O) groups excluding carboxylic acids is 1. The maximum absolute atomic E-state index is 13.1. The summed E-state index contributed by atoms with van der Waals surface area (Å²) in [6, 6.07) is 11.2. The molecule has 0 bridgehead atoms. The van der Waals surface area contributed by atoms with Crippen LogP contribution in [0.1, 0.15) is 76.6 Å². The Kier molecular flexibility index (Phi) is 8.28. The molecular formula is C30H37N3O6. The first kappa shape index (κ1) is 28.1. The average Bonchev–Trinajstić information content (AvgIpc) is 3.26. The first-order chi connectivity index (χ1) is 18.4. The molecule has 9 heteroatoms. The molecule has 0 radical (unpaired) electrons. The Morgan fingerprint density at radius 1 is 1.15 bits per heavy atom. The van der Waals surface area contributed by atoms with Crippen LogP contribution in [-0.2, 0) is 16.0 Å². The zero-order valence-corrected chi connectivity index (χ0v) is 23.5. The van der Waals surface area contributed by atoms with Crippen molar-refractivity contribution in [2.75, 3.05) is 6.54 Å². The number of aryl methyl sites for hydroxylation is 2. The molecule has 1 N–H and O–H groups in total. The second kappa shape index (κ2) is 11.5. The molecule has 1 unspecified atom stereocenters. The van der Waals surface area contributed by atoms with Crippen molar-refractivity contribution >= 4 is 12.1 Å². The van der Waals surface area contributed by atoms with Crippen LogP contribution in [0.5, 0.6) is 5.75 Å². The molecule has 1 aliphatic heterocycles. The number of carbonyl (C=O) groups is 2. The van der Waals surface area contributed by atoms with Gasteiger partial charge in [-0.25, -0.2) is 4.79 Å². The summed E-state index contributed by atoms with van der Waals surface area (Å²) in [6.45, 7) is 11.9. The molecule has 4 rings (SSSR count). The number of carboxylic acids is 1. The van der Waals surface area contributed by atoms with Gasteiger partial charge in [-0.3, -0.25) is 4.79 Å². The van der Waals surface area contributed by atoms with Crippen LogP contribution in [0, 0.1) is 6.92 Å². The van der Waals surface area contributed by atoms with E-state index in [0.717, 1.165) is 46.4 Å². The third-order valence-electron chi connectivity index (χ3n) is 6.45. The summed E-state index contributed by atoms with van der Waals surface area (Å²) < 4.78 is 17.1. The van der Waals surface area contributed by atoms with E-state index in [1.54, 1.807) is 4.90 Å². The average molecular weight is 536 g/mol. The Morgan fingerprint density at radius 3 is 2.56 bits per heavy atom. The number of nitrogens with zero attached hydrogens (tertiary/aromatic N) is 3. The molecule has 0 aliphatic carbocycles. The highest BCUT2D eigenvalue weighted by Crippen LogP contribution is 2.36. The van der Waals surface area contributed by atoms with Crippen LogP contribution in [0.25, 0.3) is 22.8 Å². The Morgan fingerprint density at radius 2 is 1.90 bits per heavy atom. The maximum Gasteiger partial charge on any atom is 0.410 e. The van der Waals surface area contributed by atoms with Crippen molar-refractivity contribution in [1.82, 2.24) is 15.0 Å². The monoisotopic (exact) mass is 535 g/mol. The van der Waals surface area contributed by atoms with Crippen molar-refractivity contribution in [3.63, 3.8) is 0 Å². The van der Waals surface area contributed by atoms with E-state index in [4.69, 9.17) is 14.0 Å². The van der Waals surface area contributed by atoms with Crippen LogP contribution in [0.15, 0.2) is 40.9 Å². The minimum absolute atomic E-state index is 0.0558. The quantitative estimate of drug-likeness (QED) is 0.360. The van der Waals surface area contributed by atoms with Gasteiger partial charge in [0.05, 0.1) is 12.1 Å². The fourth-order valence-corrected chi connectivity index (χ4v) is 4.79. The van der Waals surface area contributed by atoms with E-state index in [-0.39, 0.29) is 12.5 Å². The lowest BCUT2D eigenvalue weighted by Gasteiger charge is -2.33. The van der Waals surface area contributed by atoms with Crippen LogP contribution in [0.3, 0.4) is 0 Å². The lowest BCUT2D eigenvalue weighted by Crippen LogP contribution is -2.39. The van der Waals surface area contributed by atoms with E-state index in [9.17, 15) is 14.7 Å². The molecule has 0 saturated heterocycles. The summed E-state index contributed by atoms with van der Waals surface area (Å²) in [5, 5.41) is 13.6. The van der Waals surface area contributed by atoms with Gasteiger partial charge < -0.3 is 24.0 Å². The fourth-order valence-electron chi connectivity index (χ4n) is 4.79. The summed E-state index contributed by atoms with van der Waals surface area (Å²) in [6.07, 6.45) is 1.34. The number of amides is 1. The molecule has 1 aliphatic rings. The van der Waals surface area contributed by atoms with E-state index in [1.165, 1.54) is 0 Å². The minimum atomic E-state index is -0.903. The number of aliphatic carboxylic acids is 1. The van der Waals surface area contributed by atoms with Gasteiger partial charge in [-0.1, -0.05) is 17.3 Å². The third kappa shape index (κ3) is 6.96. The number of benzene rings is 2. The number of carboxylic acid groups (broad SMARTS) is 1. The lowest BCUT2D eigenvalue weighted by molar-refractivity contribution is -0.137. The zero-order valence-electron chi connectivity index (χ0n) is 23.5. The Bertz CT molecular complexity index is 1340. The van der Waals surface area contributed by atoms with E-state index >= 15 is 0 Å². The smallest absolute Gasteiger partial charge is 0.410 e. The molecular weight excluding hydrogens is 498 g/mol. The number of hydrogen-bond donors (Lipinski definition) is 1. The first-order valence-corrected chi connectivity index (χ1v) is 13.4. The molecule has 0 spiro atoms. The molecule has 2 heterocycles. The van der Waals surface area contributed by atoms with E-state index < -0.39 is 23.7 Å². The van der Waals surface area contributed by atoms with Crippen LogP contribution >= 0.6 is 0 Å². The molecule has 1 amide bonds. The van der Waals surface area contributed by atoms with E-state index in [1.807, 2.05) is 77.9 Å². The molecule has 1 aromatic heterocycles. The van der Waals surface area contributed by atoms with E-state index in [0.29, 0.717) is 24.7 Å².